The van der Waals surface area contributed by atoms with E-state index in [4.69, 9.17) is 10.7 Å². The maximum Gasteiger partial charge on any atom is 0.177 e. The van der Waals surface area contributed by atoms with Gasteiger partial charge in [0.05, 0.1) is 23.0 Å². The summed E-state index contributed by atoms with van der Waals surface area (Å²) in [5, 5.41) is 19.3. The minimum Gasteiger partial charge on any atom is -0.396 e. The Morgan fingerprint density at radius 2 is 1.53 bits per heavy atom. The van der Waals surface area contributed by atoms with Crippen molar-refractivity contribution in [2.24, 2.45) is 22.6 Å². The highest BCUT2D eigenvalue weighted by Crippen LogP contribution is 2.43. The number of hydrogen-bond acceptors (Lipinski definition) is 5. The molecule has 3 aliphatic rings. The van der Waals surface area contributed by atoms with Gasteiger partial charge in [-0.1, -0.05) is 36.4 Å². The summed E-state index contributed by atoms with van der Waals surface area (Å²) in [7, 11) is 0. The minimum atomic E-state index is 0.0152. The molecule has 1 unspecified atom stereocenters. The first kappa shape index (κ1) is 24.6. The van der Waals surface area contributed by atoms with Crippen LogP contribution in [-0.4, -0.2) is 29.3 Å². The molecule has 1 heterocycles. The summed E-state index contributed by atoms with van der Waals surface area (Å²) in [4.78, 5) is 18.6. The lowest BCUT2D eigenvalue weighted by atomic mass is 9.78. The molecule has 1 aliphatic heterocycles. The molecular weight excluding hydrogens is 446 g/mol. The number of carbonyl (C=O) groups is 1. The lowest BCUT2D eigenvalue weighted by molar-refractivity contribution is -0.113. The molecule has 0 aromatic heterocycles. The average molecular weight is 482 g/mol. The first-order valence-corrected chi connectivity index (χ1v) is 13.4. The molecule has 0 amide bonds. The lowest BCUT2D eigenvalue weighted by Crippen LogP contribution is -2.33. The Morgan fingerprint density at radius 3 is 2.14 bits per heavy atom. The molecular formula is C31H35N3O2. The van der Waals surface area contributed by atoms with E-state index in [2.05, 4.69) is 30.3 Å². The zero-order valence-corrected chi connectivity index (χ0v) is 20.8. The number of nitriles is 1. The van der Waals surface area contributed by atoms with Gasteiger partial charge in [0.1, 0.15) is 0 Å². The Kier molecular flexibility index (Phi) is 7.46. The van der Waals surface area contributed by atoms with Gasteiger partial charge in [-0.25, -0.2) is 4.99 Å². The van der Waals surface area contributed by atoms with Crippen LogP contribution in [0.3, 0.4) is 0 Å². The van der Waals surface area contributed by atoms with Gasteiger partial charge in [0.2, 0.25) is 0 Å². The molecule has 0 spiro atoms. The number of nitrogens with zero attached hydrogens (tertiary/aromatic N) is 2. The molecule has 0 radical (unpaired) electrons. The largest absolute Gasteiger partial charge is 0.396 e. The maximum absolute atomic E-state index is 13.5. The Bertz CT molecular complexity index is 1190. The summed E-state index contributed by atoms with van der Waals surface area (Å²) in [6, 6.07) is 18.7. The van der Waals surface area contributed by atoms with Gasteiger partial charge in [-0.05, 0) is 92.0 Å². The standard InChI is InChI=1S/C31H35N3O2/c32-19-20-1-3-26(4-2-20)31-29(23-9-7-22(8-10-23)21-5-6-21)24(17-18-35)13-16-28(36)30(34-31)25-11-14-27(33)15-12-25/h1-4,7-10,21,24-25,27,35H,5-6,11-18,33H2. The van der Waals surface area contributed by atoms with Crippen molar-refractivity contribution in [3.63, 3.8) is 0 Å². The topological polar surface area (TPSA) is 99.5 Å². The van der Waals surface area contributed by atoms with Crippen molar-refractivity contribution < 1.29 is 9.90 Å². The number of aliphatic hydroxyl groups excluding tert-OH is 1. The number of Topliss-reactive ketones (excluding diaryl/α,β-unsaturated/α-hetero) is 1. The molecule has 186 valence electrons. The van der Waals surface area contributed by atoms with Crippen LogP contribution in [0.4, 0.5) is 0 Å². The van der Waals surface area contributed by atoms with Crippen molar-refractivity contribution in [2.45, 2.75) is 69.7 Å². The van der Waals surface area contributed by atoms with Gasteiger partial charge in [-0.15, -0.1) is 0 Å². The first-order valence-electron chi connectivity index (χ1n) is 13.4. The lowest BCUT2D eigenvalue weighted by Gasteiger charge is -2.30. The normalized spacial score (nSPS) is 25.1. The third-order valence-electron chi connectivity index (χ3n) is 8.10. The highest BCUT2D eigenvalue weighted by Gasteiger charge is 2.32. The fourth-order valence-corrected chi connectivity index (χ4v) is 5.82. The molecule has 2 saturated carbocycles. The molecule has 2 aliphatic carbocycles. The molecule has 2 aromatic carbocycles. The Balaban J connectivity index is 1.69. The van der Waals surface area contributed by atoms with E-state index in [1.807, 2.05) is 24.3 Å². The molecule has 5 rings (SSSR count). The number of rotatable bonds is 6. The average Bonchev–Trinajstić information content (AvgIpc) is 3.75. The minimum absolute atomic E-state index is 0.0152. The number of aliphatic imine (C=N–C) groups is 1. The zero-order chi connectivity index (χ0) is 25.1. The molecule has 2 fully saturated rings. The highest BCUT2D eigenvalue weighted by atomic mass is 16.3. The number of nitrogens with two attached hydrogens (primary N) is 1. The summed E-state index contributed by atoms with van der Waals surface area (Å²) in [6.07, 6.45) is 7.82. The van der Waals surface area contributed by atoms with E-state index in [1.165, 1.54) is 18.4 Å². The Labute approximate surface area is 213 Å². The van der Waals surface area contributed by atoms with Crippen LogP contribution >= 0.6 is 0 Å². The monoisotopic (exact) mass is 481 g/mol. The summed E-state index contributed by atoms with van der Waals surface area (Å²) in [6.45, 7) is 0.0558. The SMILES string of the molecule is N#Cc1ccc(C2=C(c3ccc(C4CC4)cc3)C(CCO)CCC(=O)C(C3CCC(N)CC3)=N2)cc1. The predicted octanol–water partition coefficient (Wildman–Crippen LogP) is 5.62. The molecule has 0 bridgehead atoms. The van der Waals surface area contributed by atoms with E-state index in [-0.39, 0.29) is 30.3 Å². The van der Waals surface area contributed by atoms with E-state index in [9.17, 15) is 15.2 Å². The fourth-order valence-electron chi connectivity index (χ4n) is 5.82. The van der Waals surface area contributed by atoms with Gasteiger partial charge in [0, 0.05) is 30.6 Å². The van der Waals surface area contributed by atoms with Crippen LogP contribution in [0.5, 0.6) is 0 Å². The van der Waals surface area contributed by atoms with E-state index in [0.29, 0.717) is 36.5 Å². The van der Waals surface area contributed by atoms with E-state index >= 15 is 0 Å². The number of hydrogen-bond donors (Lipinski definition) is 2. The Morgan fingerprint density at radius 1 is 0.889 bits per heavy atom. The van der Waals surface area contributed by atoms with Crippen molar-refractivity contribution in [1.82, 2.24) is 0 Å². The summed E-state index contributed by atoms with van der Waals surface area (Å²) >= 11 is 0. The smallest absolute Gasteiger partial charge is 0.177 e. The van der Waals surface area contributed by atoms with Crippen molar-refractivity contribution in [2.75, 3.05) is 6.61 Å². The van der Waals surface area contributed by atoms with Crippen LogP contribution < -0.4 is 5.73 Å². The van der Waals surface area contributed by atoms with Gasteiger partial charge in [-0.3, -0.25) is 4.79 Å². The second-order valence-electron chi connectivity index (χ2n) is 10.6. The van der Waals surface area contributed by atoms with Crippen molar-refractivity contribution in [3.05, 3.63) is 70.8 Å². The quantitative estimate of drug-likeness (QED) is 0.559. The van der Waals surface area contributed by atoms with Crippen LogP contribution in [0, 0.1) is 23.2 Å². The molecule has 5 nitrogen and oxygen atoms in total. The van der Waals surface area contributed by atoms with Crippen molar-refractivity contribution in [1.29, 1.82) is 5.26 Å². The molecule has 0 saturated heterocycles. The number of allylic oxidation sites excluding steroid dienone is 1. The Hall–Kier alpha value is -3.07. The molecule has 36 heavy (non-hydrogen) atoms. The van der Waals surface area contributed by atoms with Gasteiger partial charge in [0.25, 0.3) is 0 Å². The van der Waals surface area contributed by atoms with E-state index < -0.39 is 0 Å². The third-order valence-corrected chi connectivity index (χ3v) is 8.10. The molecule has 2 aromatic rings. The molecule has 5 heteroatoms. The number of carbonyl (C=O) groups excluding carboxylic acids is 1. The van der Waals surface area contributed by atoms with Crippen LogP contribution in [0.1, 0.15) is 86.0 Å². The van der Waals surface area contributed by atoms with Crippen LogP contribution in [0.15, 0.2) is 53.5 Å². The number of ketones is 1. The fraction of sp³-hybridized carbons (Fsp3) is 0.452. The second-order valence-corrected chi connectivity index (χ2v) is 10.6. The summed E-state index contributed by atoms with van der Waals surface area (Å²) in [5.74, 6) is 0.934. The molecule has 3 N–H and O–H groups in total. The second kappa shape index (κ2) is 10.9. The first-order chi connectivity index (χ1) is 17.6. The van der Waals surface area contributed by atoms with Crippen LogP contribution in [0.25, 0.3) is 11.3 Å². The van der Waals surface area contributed by atoms with Crippen molar-refractivity contribution >= 4 is 22.8 Å². The predicted molar refractivity (Wildman–Crippen MR) is 143 cm³/mol. The number of aliphatic hydroxyl groups is 1. The number of benzene rings is 2. The van der Waals surface area contributed by atoms with Crippen LogP contribution in [0.2, 0.25) is 0 Å². The van der Waals surface area contributed by atoms with E-state index in [0.717, 1.165) is 48.1 Å². The van der Waals surface area contributed by atoms with Crippen LogP contribution in [-0.2, 0) is 4.79 Å². The zero-order valence-electron chi connectivity index (χ0n) is 20.8. The molecule has 1 atom stereocenters. The maximum atomic E-state index is 13.5. The van der Waals surface area contributed by atoms with Gasteiger partial charge < -0.3 is 10.8 Å². The van der Waals surface area contributed by atoms with Crippen molar-refractivity contribution in [3.8, 4) is 6.07 Å². The van der Waals surface area contributed by atoms with Gasteiger partial charge in [0.15, 0.2) is 5.78 Å². The van der Waals surface area contributed by atoms with E-state index in [1.54, 1.807) is 0 Å². The van der Waals surface area contributed by atoms with Gasteiger partial charge in [-0.2, -0.15) is 5.26 Å². The summed E-state index contributed by atoms with van der Waals surface area (Å²) < 4.78 is 0. The highest BCUT2D eigenvalue weighted by molar-refractivity contribution is 6.41. The third kappa shape index (κ3) is 5.36. The van der Waals surface area contributed by atoms with Gasteiger partial charge >= 0.3 is 0 Å². The summed E-state index contributed by atoms with van der Waals surface area (Å²) in [5.41, 5.74) is 12.7.